The van der Waals surface area contributed by atoms with E-state index in [4.69, 9.17) is 12.2 Å². The van der Waals surface area contributed by atoms with E-state index in [-0.39, 0.29) is 5.56 Å². The number of benzene rings is 1. The predicted octanol–water partition coefficient (Wildman–Crippen LogP) is 2.29. The average molecular weight is 260 g/mol. The molecule has 0 aliphatic heterocycles. The van der Waals surface area contributed by atoms with Crippen molar-refractivity contribution in [3.05, 3.63) is 40.5 Å². The third kappa shape index (κ3) is 2.64. The topological polar surface area (TPSA) is 63.3 Å². The zero-order valence-electron chi connectivity index (χ0n) is 9.22. The second kappa shape index (κ2) is 5.29. The van der Waals surface area contributed by atoms with Gasteiger partial charge in [-0.15, -0.1) is 17.8 Å². The highest BCUT2D eigenvalue weighted by Crippen LogP contribution is 2.16. The number of thiazole rings is 1. The van der Waals surface area contributed by atoms with Crippen LogP contribution in [0.1, 0.15) is 11.1 Å². The van der Waals surface area contributed by atoms with Crippen LogP contribution in [0.4, 0.5) is 15.3 Å². The highest BCUT2D eigenvalue weighted by atomic mass is 32.1. The van der Waals surface area contributed by atoms with Crippen LogP contribution in [0, 0.1) is 18.2 Å². The number of nitrogen functional groups attached to an aromatic ring is 1. The van der Waals surface area contributed by atoms with E-state index in [0.717, 1.165) is 0 Å². The highest BCUT2D eigenvalue weighted by Gasteiger charge is 2.03. The van der Waals surface area contributed by atoms with E-state index in [1.165, 1.54) is 23.6 Å². The Bertz CT molecular complexity index is 627. The van der Waals surface area contributed by atoms with Crippen LogP contribution in [0.3, 0.4) is 0 Å². The molecule has 0 saturated heterocycles. The van der Waals surface area contributed by atoms with Crippen molar-refractivity contribution in [1.29, 1.82) is 0 Å². The van der Waals surface area contributed by atoms with Crippen molar-refractivity contribution in [2.45, 2.75) is 0 Å². The lowest BCUT2D eigenvalue weighted by molar-refractivity contribution is 0.624. The molecule has 0 spiro atoms. The number of rotatable bonds is 3. The molecule has 4 nitrogen and oxygen atoms in total. The molecule has 2 aromatic rings. The van der Waals surface area contributed by atoms with Gasteiger partial charge < -0.3 is 5.73 Å². The van der Waals surface area contributed by atoms with Crippen LogP contribution < -0.4 is 11.2 Å². The highest BCUT2D eigenvalue weighted by molar-refractivity contribution is 7.14. The van der Waals surface area contributed by atoms with Crippen molar-refractivity contribution in [3.63, 3.8) is 0 Å². The first-order valence-corrected chi connectivity index (χ1v) is 5.84. The molecule has 2 rings (SSSR count). The van der Waals surface area contributed by atoms with Gasteiger partial charge in [0.2, 0.25) is 5.13 Å². The summed E-state index contributed by atoms with van der Waals surface area (Å²) in [7, 11) is 0. The molecule has 0 atom stereocenters. The summed E-state index contributed by atoms with van der Waals surface area (Å²) in [6.45, 7) is 0. The van der Waals surface area contributed by atoms with Crippen LogP contribution in [-0.4, -0.2) is 11.2 Å². The minimum atomic E-state index is -0.444. The SMILES string of the molecule is C#Cc1c(F)cccc1C=NNc1nc(N)cs1. The van der Waals surface area contributed by atoms with E-state index in [0.29, 0.717) is 16.5 Å². The van der Waals surface area contributed by atoms with E-state index in [2.05, 4.69) is 21.4 Å². The van der Waals surface area contributed by atoms with E-state index < -0.39 is 5.82 Å². The fraction of sp³-hybridized carbons (Fsp3) is 0. The maximum Gasteiger partial charge on any atom is 0.205 e. The minimum absolute atomic E-state index is 0.182. The van der Waals surface area contributed by atoms with Gasteiger partial charge in [-0.3, -0.25) is 5.43 Å². The van der Waals surface area contributed by atoms with Crippen molar-refractivity contribution in [3.8, 4) is 12.3 Å². The molecule has 0 saturated carbocycles. The molecule has 0 aliphatic carbocycles. The normalized spacial score (nSPS) is 10.4. The van der Waals surface area contributed by atoms with Gasteiger partial charge in [0.15, 0.2) is 0 Å². The zero-order valence-corrected chi connectivity index (χ0v) is 10.0. The number of hydrogen-bond donors (Lipinski definition) is 2. The number of nitrogens with one attached hydrogen (secondary N) is 1. The summed E-state index contributed by atoms with van der Waals surface area (Å²) in [4.78, 5) is 3.96. The Hall–Kier alpha value is -2.39. The lowest BCUT2D eigenvalue weighted by Gasteiger charge is -1.99. The van der Waals surface area contributed by atoms with Gasteiger partial charge in [-0.25, -0.2) is 9.37 Å². The number of anilines is 2. The third-order valence-corrected chi connectivity index (χ3v) is 2.84. The molecule has 1 heterocycles. The molecule has 1 aromatic heterocycles. The molecule has 0 bridgehead atoms. The van der Waals surface area contributed by atoms with Crippen LogP contribution >= 0.6 is 11.3 Å². The molecule has 1 aromatic carbocycles. The lowest BCUT2D eigenvalue weighted by atomic mass is 10.1. The first kappa shape index (κ1) is 12.1. The Kier molecular flexibility index (Phi) is 3.55. The van der Waals surface area contributed by atoms with E-state index in [1.54, 1.807) is 17.5 Å². The molecule has 18 heavy (non-hydrogen) atoms. The summed E-state index contributed by atoms with van der Waals surface area (Å²) in [6, 6.07) is 4.56. The monoisotopic (exact) mass is 260 g/mol. The van der Waals surface area contributed by atoms with E-state index >= 15 is 0 Å². The summed E-state index contributed by atoms with van der Waals surface area (Å²) in [5.41, 5.74) is 8.85. The second-order valence-electron chi connectivity index (χ2n) is 3.30. The Balaban J connectivity index is 2.15. The molecule has 3 N–H and O–H groups in total. The lowest BCUT2D eigenvalue weighted by Crippen LogP contribution is -1.95. The van der Waals surface area contributed by atoms with Crippen LogP contribution in [-0.2, 0) is 0 Å². The molecule has 90 valence electrons. The van der Waals surface area contributed by atoms with E-state index in [1.807, 2.05) is 0 Å². The smallest absolute Gasteiger partial charge is 0.205 e. The van der Waals surface area contributed by atoms with Crippen molar-refractivity contribution < 1.29 is 4.39 Å². The summed E-state index contributed by atoms with van der Waals surface area (Å²) < 4.78 is 13.4. The second-order valence-corrected chi connectivity index (χ2v) is 4.15. The fourth-order valence-electron chi connectivity index (χ4n) is 1.30. The molecule has 0 unspecified atom stereocenters. The van der Waals surface area contributed by atoms with Crippen LogP contribution in [0.2, 0.25) is 0 Å². The van der Waals surface area contributed by atoms with Gasteiger partial charge in [0, 0.05) is 10.9 Å². The number of nitrogens with two attached hydrogens (primary N) is 1. The quantitative estimate of drug-likeness (QED) is 0.505. The van der Waals surface area contributed by atoms with Crippen molar-refractivity contribution in [2.24, 2.45) is 5.10 Å². The zero-order chi connectivity index (χ0) is 13.0. The van der Waals surface area contributed by atoms with Gasteiger partial charge >= 0.3 is 0 Å². The third-order valence-electron chi connectivity index (χ3n) is 2.08. The van der Waals surface area contributed by atoms with E-state index in [9.17, 15) is 4.39 Å². The van der Waals surface area contributed by atoms with Crippen LogP contribution in [0.25, 0.3) is 0 Å². The maximum absolute atomic E-state index is 13.4. The number of aromatic nitrogens is 1. The van der Waals surface area contributed by atoms with Gasteiger partial charge in [-0.2, -0.15) is 5.10 Å². The van der Waals surface area contributed by atoms with Gasteiger partial charge in [0.25, 0.3) is 0 Å². The molecule has 0 amide bonds. The molecule has 6 heteroatoms. The van der Waals surface area contributed by atoms with Crippen LogP contribution in [0.15, 0.2) is 28.7 Å². The summed E-state index contributed by atoms with van der Waals surface area (Å²) in [5, 5.41) is 6.18. The molecular formula is C12H9FN4S. The summed E-state index contributed by atoms with van der Waals surface area (Å²) >= 11 is 1.32. The maximum atomic E-state index is 13.4. The van der Waals surface area contributed by atoms with Crippen molar-refractivity contribution in [2.75, 3.05) is 11.2 Å². The number of hydrogen-bond acceptors (Lipinski definition) is 5. The summed E-state index contributed by atoms with van der Waals surface area (Å²) in [6.07, 6.45) is 6.68. The molecular weight excluding hydrogens is 251 g/mol. The van der Waals surface area contributed by atoms with Gasteiger partial charge in [-0.05, 0) is 6.07 Å². The van der Waals surface area contributed by atoms with Gasteiger partial charge in [0.1, 0.15) is 11.6 Å². The molecule has 0 radical (unpaired) electrons. The first-order valence-electron chi connectivity index (χ1n) is 4.96. The Morgan fingerprint density at radius 3 is 3.06 bits per heavy atom. The average Bonchev–Trinajstić information content (AvgIpc) is 2.75. The molecule has 0 fully saturated rings. The Morgan fingerprint density at radius 2 is 2.39 bits per heavy atom. The Labute approximate surface area is 107 Å². The van der Waals surface area contributed by atoms with Gasteiger partial charge in [0.05, 0.1) is 11.8 Å². The number of nitrogens with zero attached hydrogens (tertiary/aromatic N) is 2. The number of halogens is 1. The summed E-state index contributed by atoms with van der Waals surface area (Å²) in [5.74, 6) is 2.27. The predicted molar refractivity (Wildman–Crippen MR) is 72.1 cm³/mol. The number of terminal acetylenes is 1. The standard InChI is InChI=1S/C12H9FN4S/c1-2-9-8(4-3-5-10(9)13)6-15-17-12-16-11(14)7-18-12/h1,3-7H,14H2,(H,16,17). The van der Waals surface area contributed by atoms with Crippen molar-refractivity contribution >= 4 is 28.5 Å². The fourth-order valence-corrected chi connectivity index (χ4v) is 1.84. The minimum Gasteiger partial charge on any atom is -0.383 e. The largest absolute Gasteiger partial charge is 0.383 e. The van der Waals surface area contributed by atoms with Gasteiger partial charge in [-0.1, -0.05) is 18.1 Å². The Morgan fingerprint density at radius 1 is 1.56 bits per heavy atom. The number of hydrazone groups is 1. The van der Waals surface area contributed by atoms with Crippen molar-refractivity contribution in [1.82, 2.24) is 4.98 Å². The molecule has 0 aliphatic rings. The first-order chi connectivity index (χ1) is 8.70. The van der Waals surface area contributed by atoms with Crippen LogP contribution in [0.5, 0.6) is 0 Å².